The van der Waals surface area contributed by atoms with Gasteiger partial charge in [-0.2, -0.15) is 0 Å². The molecule has 0 N–H and O–H groups in total. The Morgan fingerprint density at radius 3 is 0.648 bits per heavy atom. The molecule has 0 bridgehead atoms. The monoisotopic (exact) mass is 1300 g/mol. The van der Waals surface area contributed by atoms with E-state index in [4.69, 9.17) is 0 Å². The molecule has 8 rings (SSSR count). The molecule has 8 aromatic rings. The summed E-state index contributed by atoms with van der Waals surface area (Å²) in [6, 6.07) is 4.27. The third-order valence-corrected chi connectivity index (χ3v) is 18.7. The van der Waals surface area contributed by atoms with Crippen LogP contribution in [-0.4, -0.2) is 70.2 Å². The van der Waals surface area contributed by atoms with Gasteiger partial charge in [-0.1, -0.05) is 155 Å². The fourth-order valence-corrected chi connectivity index (χ4v) is 13.5. The fourth-order valence-electron chi connectivity index (χ4n) is 10.5. The molecular formula is C64H98N8O12S4. The summed E-state index contributed by atoms with van der Waals surface area (Å²) in [5, 5.41) is -2.90. The number of hydrogen-bond donors (Lipinski definition) is 0. The van der Waals surface area contributed by atoms with Crippen LogP contribution in [0.4, 0.5) is 0 Å². The van der Waals surface area contributed by atoms with Gasteiger partial charge in [0.2, 0.25) is 25.3 Å². The average Bonchev–Trinajstić information content (AvgIpc) is 1.04. The molecule has 0 unspecified atom stereocenters. The molecule has 0 aliphatic heterocycles. The molecule has 0 amide bonds. The molecule has 24 heteroatoms. The molecule has 20 nitrogen and oxygen atoms in total. The quantitative estimate of drug-likeness (QED) is 0.0165. The number of hydrogen-bond acceptors (Lipinski definition) is 12. The normalized spacial score (nSPS) is 11.9. The molecule has 0 saturated heterocycles. The van der Waals surface area contributed by atoms with Crippen molar-refractivity contribution in [3.63, 3.8) is 0 Å². The van der Waals surface area contributed by atoms with Gasteiger partial charge in [-0.3, -0.25) is 0 Å². The Hall–Kier alpha value is -5.60. The Kier molecular flexibility index (Phi) is 31.9. The predicted octanol–water partition coefficient (Wildman–Crippen LogP) is 10.9. The molecule has 0 aliphatic carbocycles. The van der Waals surface area contributed by atoms with Crippen LogP contribution in [0.2, 0.25) is 0 Å². The molecule has 0 radical (unpaired) electrons. The average molecular weight is 1300 g/mol. The molecular weight excluding hydrogens is 1200 g/mol. The van der Waals surface area contributed by atoms with Crippen molar-refractivity contribution in [1.82, 2.24) is 18.3 Å². The Bertz CT molecular complexity index is 3320. The van der Waals surface area contributed by atoms with Gasteiger partial charge in [0.1, 0.15) is 90.0 Å². The smallest absolute Gasteiger partial charge is 0.243 e. The molecule has 0 saturated carbocycles. The lowest BCUT2D eigenvalue weighted by Gasteiger charge is -2.23. The Morgan fingerprint density at radius 1 is 0.307 bits per heavy atom. The first-order valence-electron chi connectivity index (χ1n) is 31.4. The first-order valence-corrected chi connectivity index (χ1v) is 37.0. The number of nitrogens with zero attached hydrogens (tertiary/aromatic N) is 8. The van der Waals surface area contributed by atoms with Gasteiger partial charge >= 0.3 is 0 Å². The van der Waals surface area contributed by atoms with Gasteiger partial charge in [0.15, 0.2) is 0 Å². The van der Waals surface area contributed by atoms with Gasteiger partial charge in [0.25, 0.3) is 0 Å². The van der Waals surface area contributed by atoms with Gasteiger partial charge in [0.05, 0.1) is 74.0 Å². The van der Waals surface area contributed by atoms with E-state index in [-0.39, 0.29) is 0 Å². The van der Waals surface area contributed by atoms with Crippen molar-refractivity contribution >= 4 is 72.8 Å². The van der Waals surface area contributed by atoms with Crippen LogP contribution < -0.4 is 18.3 Å². The highest BCUT2D eigenvalue weighted by Gasteiger charge is 2.25. The molecule has 4 heterocycles. The Morgan fingerprint density at radius 2 is 0.489 bits per heavy atom. The topological polar surface area (TPSA) is 264 Å². The maximum absolute atomic E-state index is 11.8. The van der Waals surface area contributed by atoms with Crippen molar-refractivity contribution in [3.05, 3.63) is 111 Å². The molecule has 4 aromatic heterocycles. The highest BCUT2D eigenvalue weighted by molar-refractivity contribution is 7.87. The Balaban J connectivity index is 0.000000251. The van der Waals surface area contributed by atoms with Crippen molar-refractivity contribution in [3.8, 4) is 0 Å². The zero-order valence-electron chi connectivity index (χ0n) is 53.3. The maximum Gasteiger partial charge on any atom is 0.243 e. The molecule has 0 atom stereocenters. The van der Waals surface area contributed by atoms with Crippen LogP contribution >= 0.6 is 0 Å². The summed E-state index contributed by atoms with van der Waals surface area (Å²) >= 11 is 0. The van der Waals surface area contributed by atoms with Gasteiger partial charge < -0.3 is 18.2 Å². The van der Waals surface area contributed by atoms with E-state index in [1.54, 1.807) is 0 Å². The largest absolute Gasteiger partial charge is 0.744 e. The van der Waals surface area contributed by atoms with Gasteiger partial charge in [0, 0.05) is 21.5 Å². The number of unbranched alkanes of at least 4 members (excludes halogenated alkanes) is 20. The van der Waals surface area contributed by atoms with E-state index in [1.165, 1.54) is 180 Å². The van der Waals surface area contributed by atoms with Gasteiger partial charge in [-0.25, -0.2) is 70.2 Å². The van der Waals surface area contributed by atoms with Crippen LogP contribution in [0, 0.1) is 0 Å². The molecule has 0 spiro atoms. The minimum absolute atomic E-state index is 0.336. The van der Waals surface area contributed by atoms with Crippen LogP contribution in [0.25, 0.3) is 32.3 Å². The predicted molar refractivity (Wildman–Crippen MR) is 338 cm³/mol. The number of aryl methyl sites for hydroxylation is 8. The summed E-state index contributed by atoms with van der Waals surface area (Å²) in [5.74, 6) is 0. The van der Waals surface area contributed by atoms with E-state index >= 15 is 0 Å². The summed E-state index contributed by atoms with van der Waals surface area (Å²) < 4.78 is 159. The molecule has 490 valence electrons. The van der Waals surface area contributed by atoms with Crippen molar-refractivity contribution in [2.24, 2.45) is 28.2 Å². The van der Waals surface area contributed by atoms with Crippen LogP contribution in [-0.2, 0) is 94.8 Å². The van der Waals surface area contributed by atoms with Gasteiger partial charge in [-0.05, 0) is 74.3 Å². The van der Waals surface area contributed by atoms with E-state index in [0.717, 1.165) is 24.3 Å². The highest BCUT2D eigenvalue weighted by atomic mass is 32.2. The third-order valence-electron chi connectivity index (χ3n) is 15.2. The van der Waals surface area contributed by atoms with Crippen molar-refractivity contribution < 1.29 is 70.2 Å². The van der Waals surface area contributed by atoms with E-state index in [2.05, 4.69) is 167 Å². The lowest BCUT2D eigenvalue weighted by atomic mass is 9.94. The van der Waals surface area contributed by atoms with Crippen LogP contribution in [0.1, 0.15) is 182 Å². The van der Waals surface area contributed by atoms with E-state index < -0.39 is 92.4 Å². The van der Waals surface area contributed by atoms with Crippen molar-refractivity contribution in [2.75, 3.05) is 0 Å². The SMILES string of the molecule is CCCCCCCCn1cc[n+](C)c1.CCCCCCCCn1cc[n+](C)c1.CCCCCCCCn1cc[n+](C)c1.CCCCCCCCn1cc[n+](C)c1.O=S(=O)([O-])c1cc(S(=O)(=O)[O-])c2ccc3c(S(=O)(=O)[O-])cc(S(=O)(=O)[O-])c4ccc1c2c43. The maximum atomic E-state index is 11.8. The standard InChI is InChI=1S/C16H10O12S4.4C12H23N2/c17-29(18,19)11-5-13(31(23,24)25)9-3-4-10-14(32(26,27)28)6-12(30(20,21)22)8-2-1-7(11)15(9)16(8)10;4*1-3-4-5-6-7-8-9-14-11-10-13(2)12-14/h1-6H,(H,17,18,19)(H,20,21,22)(H,23,24,25)(H,26,27,28);4*10-12H,3-9H2,1-2H3/q;4*+1/p-4. The summed E-state index contributed by atoms with van der Waals surface area (Å²) in [7, 11) is -13.3. The van der Waals surface area contributed by atoms with Crippen LogP contribution in [0.5, 0.6) is 0 Å². The summed E-state index contributed by atoms with van der Waals surface area (Å²) in [6.45, 7) is 13.7. The van der Waals surface area contributed by atoms with Crippen molar-refractivity contribution in [2.45, 2.75) is 228 Å². The van der Waals surface area contributed by atoms with E-state index in [0.29, 0.717) is 12.1 Å². The lowest BCUT2D eigenvalue weighted by molar-refractivity contribution is -0.671. The summed E-state index contributed by atoms with van der Waals surface area (Å²) in [6.07, 6.45) is 58.5. The van der Waals surface area contributed by atoms with E-state index in [9.17, 15) is 51.9 Å². The minimum atomic E-state index is -5.40. The minimum Gasteiger partial charge on any atom is -0.744 e. The van der Waals surface area contributed by atoms with Gasteiger partial charge in [-0.15, -0.1) is 0 Å². The first-order chi connectivity index (χ1) is 41.7. The molecule has 4 aromatic carbocycles. The fraction of sp³-hybridized carbons (Fsp3) is 0.562. The third kappa shape index (κ3) is 25.7. The van der Waals surface area contributed by atoms with E-state index in [1.807, 2.05) is 0 Å². The zero-order valence-corrected chi connectivity index (χ0v) is 56.6. The number of aromatic nitrogens is 8. The molecule has 0 aliphatic rings. The first kappa shape index (κ1) is 74.9. The van der Waals surface area contributed by atoms with Crippen LogP contribution in [0.15, 0.2) is 131 Å². The second kappa shape index (κ2) is 37.5. The Labute approximate surface area is 525 Å². The highest BCUT2D eigenvalue weighted by Crippen LogP contribution is 2.44. The summed E-state index contributed by atoms with van der Waals surface area (Å²) in [4.78, 5) is -4.63. The number of benzene rings is 4. The lowest BCUT2D eigenvalue weighted by Crippen LogP contribution is -2.23. The zero-order chi connectivity index (χ0) is 64.9. The number of imidazole rings is 4. The van der Waals surface area contributed by atoms with Crippen LogP contribution in [0.3, 0.4) is 0 Å². The summed E-state index contributed by atoms with van der Waals surface area (Å²) in [5.41, 5.74) is 0. The number of rotatable bonds is 32. The second-order valence-electron chi connectivity index (χ2n) is 23.0. The molecule has 88 heavy (non-hydrogen) atoms. The second-order valence-corrected chi connectivity index (χ2v) is 28.4. The van der Waals surface area contributed by atoms with Crippen molar-refractivity contribution in [1.29, 1.82) is 0 Å². The molecule has 0 fully saturated rings.